The van der Waals surface area contributed by atoms with Crippen molar-refractivity contribution >= 4 is 28.9 Å². The molecule has 2 fully saturated rings. The van der Waals surface area contributed by atoms with Crippen LogP contribution in [0.15, 0.2) is 42.5 Å². The molecule has 2 aromatic carbocycles. The van der Waals surface area contributed by atoms with Crippen LogP contribution in [-0.4, -0.2) is 50.2 Å². The average Bonchev–Trinajstić information content (AvgIpc) is 2.90. The molecule has 1 saturated carbocycles. The van der Waals surface area contributed by atoms with Crippen molar-refractivity contribution in [3.8, 4) is 0 Å². The molecule has 1 saturated heterocycles. The van der Waals surface area contributed by atoms with Gasteiger partial charge in [0.2, 0.25) is 5.91 Å². The molecule has 0 radical (unpaired) electrons. The van der Waals surface area contributed by atoms with Gasteiger partial charge in [-0.2, -0.15) is 0 Å². The number of hydrogen-bond acceptors (Lipinski definition) is 5. The number of nitrogens with one attached hydrogen (secondary N) is 2. The molecule has 0 bridgehead atoms. The second-order valence-corrected chi connectivity index (χ2v) is 10.4. The van der Waals surface area contributed by atoms with Crippen LogP contribution in [0.5, 0.6) is 0 Å². The Morgan fingerprint density at radius 1 is 0.972 bits per heavy atom. The van der Waals surface area contributed by atoms with E-state index >= 15 is 0 Å². The predicted molar refractivity (Wildman–Crippen MR) is 144 cm³/mol. The number of morpholine rings is 1. The third-order valence-corrected chi connectivity index (χ3v) is 7.81. The number of anilines is 3. The van der Waals surface area contributed by atoms with E-state index in [0.717, 1.165) is 62.5 Å². The van der Waals surface area contributed by atoms with Gasteiger partial charge in [0.05, 0.1) is 19.3 Å². The second kappa shape index (κ2) is 10.9. The minimum Gasteiger partial charge on any atom is -0.378 e. The number of rotatable bonds is 5. The summed E-state index contributed by atoms with van der Waals surface area (Å²) in [6.07, 6.45) is 6.48. The minimum atomic E-state index is -0.0219. The number of carbonyl (C=O) groups excluding carboxylic acids is 2. The van der Waals surface area contributed by atoms with E-state index in [1.807, 2.05) is 23.1 Å². The predicted octanol–water partition coefficient (Wildman–Crippen LogP) is 4.88. The van der Waals surface area contributed by atoms with E-state index in [1.54, 1.807) is 6.92 Å². The van der Waals surface area contributed by atoms with E-state index in [4.69, 9.17) is 4.74 Å². The summed E-state index contributed by atoms with van der Waals surface area (Å²) in [5.41, 5.74) is 4.77. The first-order valence-electron chi connectivity index (χ1n) is 13.4. The summed E-state index contributed by atoms with van der Waals surface area (Å²) >= 11 is 0. The molecule has 2 aromatic rings. The van der Waals surface area contributed by atoms with Gasteiger partial charge in [0.25, 0.3) is 5.91 Å². The molecule has 36 heavy (non-hydrogen) atoms. The zero-order valence-electron chi connectivity index (χ0n) is 21.5. The van der Waals surface area contributed by atoms with Crippen LogP contribution in [0.4, 0.5) is 17.1 Å². The second-order valence-electron chi connectivity index (χ2n) is 10.4. The van der Waals surface area contributed by atoms with E-state index in [2.05, 4.69) is 46.7 Å². The Labute approximate surface area is 214 Å². The number of ether oxygens (including phenoxy) is 1. The Hall–Kier alpha value is -3.06. The molecule has 2 amide bonds. The Morgan fingerprint density at radius 3 is 2.39 bits per heavy atom. The monoisotopic (exact) mass is 490 g/mol. The van der Waals surface area contributed by atoms with Crippen molar-refractivity contribution in [1.82, 2.24) is 5.32 Å². The van der Waals surface area contributed by atoms with Crippen LogP contribution in [0.1, 0.15) is 74.3 Å². The molecule has 3 aliphatic rings. The Morgan fingerprint density at radius 2 is 1.69 bits per heavy atom. The molecule has 0 aromatic heterocycles. The highest BCUT2D eigenvalue weighted by atomic mass is 16.5. The summed E-state index contributed by atoms with van der Waals surface area (Å²) in [5.74, 6) is 0.00258. The number of hydrogen-bond donors (Lipinski definition) is 2. The molecule has 2 aliphatic heterocycles. The van der Waals surface area contributed by atoms with Gasteiger partial charge >= 0.3 is 0 Å². The van der Waals surface area contributed by atoms with Gasteiger partial charge < -0.3 is 25.2 Å². The Bertz CT molecular complexity index is 1070. The normalized spacial score (nSPS) is 22.6. The van der Waals surface area contributed by atoms with Crippen molar-refractivity contribution < 1.29 is 14.3 Å². The highest BCUT2D eigenvalue weighted by Gasteiger charge is 2.33. The van der Waals surface area contributed by atoms with Gasteiger partial charge in [-0.15, -0.1) is 0 Å². The van der Waals surface area contributed by atoms with Gasteiger partial charge in [0.1, 0.15) is 0 Å². The van der Waals surface area contributed by atoms with Crippen LogP contribution in [0, 0.1) is 0 Å². The zero-order chi connectivity index (χ0) is 25.1. The van der Waals surface area contributed by atoms with Gasteiger partial charge in [-0.3, -0.25) is 9.59 Å². The van der Waals surface area contributed by atoms with Crippen LogP contribution in [0.25, 0.3) is 0 Å². The lowest BCUT2D eigenvalue weighted by atomic mass is 9.89. The lowest BCUT2D eigenvalue weighted by molar-refractivity contribution is -0.117. The first kappa shape index (κ1) is 24.6. The number of amides is 2. The third-order valence-electron chi connectivity index (χ3n) is 7.81. The zero-order valence-corrected chi connectivity index (χ0v) is 21.5. The summed E-state index contributed by atoms with van der Waals surface area (Å²) in [6, 6.07) is 14.6. The number of carbonyl (C=O) groups is 2. The van der Waals surface area contributed by atoms with Gasteiger partial charge in [-0.25, -0.2) is 0 Å². The summed E-state index contributed by atoms with van der Waals surface area (Å²) in [6.45, 7) is 7.05. The molecule has 1 aliphatic carbocycles. The maximum Gasteiger partial charge on any atom is 0.251 e. The largest absolute Gasteiger partial charge is 0.378 e. The molecular formula is C29H38N4O3. The summed E-state index contributed by atoms with van der Waals surface area (Å²) < 4.78 is 5.47. The fourth-order valence-electron chi connectivity index (χ4n) is 5.93. The molecule has 2 heterocycles. The standard InChI is InChI=1S/C29H38N4O3/c1-20-18-27(30-24-9-11-25(12-10-24)32-14-16-36-17-15-32)26-19-22(8-13-28(26)33(20)21(2)34)29(35)31-23-6-4-3-5-7-23/h8-13,19-20,23,27,30H,3-7,14-18H2,1-2H3,(H,31,35)/t20-,27+/m0/s1. The lowest BCUT2D eigenvalue weighted by Crippen LogP contribution is -2.43. The topological polar surface area (TPSA) is 73.9 Å². The molecule has 5 rings (SSSR count). The van der Waals surface area contributed by atoms with E-state index in [0.29, 0.717) is 5.56 Å². The fraction of sp³-hybridized carbons (Fsp3) is 0.517. The fourth-order valence-corrected chi connectivity index (χ4v) is 5.93. The van der Waals surface area contributed by atoms with Crippen LogP contribution in [-0.2, 0) is 9.53 Å². The SMILES string of the molecule is CC(=O)N1c2ccc(C(=O)NC3CCCCC3)cc2[C@H](Nc2ccc(N3CCOCC3)cc2)C[C@@H]1C. The molecule has 7 heteroatoms. The first-order chi connectivity index (χ1) is 17.5. The number of nitrogens with zero attached hydrogens (tertiary/aromatic N) is 2. The van der Waals surface area contributed by atoms with E-state index in [9.17, 15) is 9.59 Å². The summed E-state index contributed by atoms with van der Waals surface area (Å²) in [5, 5.41) is 6.92. The van der Waals surface area contributed by atoms with Crippen molar-refractivity contribution in [3.63, 3.8) is 0 Å². The smallest absolute Gasteiger partial charge is 0.251 e. The maximum atomic E-state index is 13.1. The number of fused-ring (bicyclic) bond motifs is 1. The van der Waals surface area contributed by atoms with Crippen LogP contribution < -0.4 is 20.4 Å². The summed E-state index contributed by atoms with van der Waals surface area (Å²) in [7, 11) is 0. The van der Waals surface area contributed by atoms with Crippen LogP contribution in [0.3, 0.4) is 0 Å². The maximum absolute atomic E-state index is 13.1. The van der Waals surface area contributed by atoms with Gasteiger partial charge in [0, 0.05) is 54.7 Å². The van der Waals surface area contributed by atoms with Gasteiger partial charge in [0.15, 0.2) is 0 Å². The van der Waals surface area contributed by atoms with E-state index in [-0.39, 0.29) is 29.9 Å². The van der Waals surface area contributed by atoms with Gasteiger partial charge in [-0.05, 0) is 74.2 Å². The van der Waals surface area contributed by atoms with E-state index in [1.165, 1.54) is 24.9 Å². The lowest BCUT2D eigenvalue weighted by Gasteiger charge is -2.39. The third kappa shape index (κ3) is 5.36. The van der Waals surface area contributed by atoms with Gasteiger partial charge in [-0.1, -0.05) is 19.3 Å². The molecule has 0 unspecified atom stereocenters. The van der Waals surface area contributed by atoms with Crippen molar-refractivity contribution in [2.45, 2.75) is 70.5 Å². The molecule has 192 valence electrons. The van der Waals surface area contributed by atoms with E-state index < -0.39 is 0 Å². The van der Waals surface area contributed by atoms with Crippen LogP contribution in [0.2, 0.25) is 0 Å². The minimum absolute atomic E-state index is 0.00210. The molecule has 0 spiro atoms. The van der Waals surface area contributed by atoms with Crippen LogP contribution >= 0.6 is 0 Å². The van der Waals surface area contributed by atoms with Crippen molar-refractivity contribution in [2.24, 2.45) is 0 Å². The Balaban J connectivity index is 1.38. The Kier molecular flexibility index (Phi) is 7.46. The summed E-state index contributed by atoms with van der Waals surface area (Å²) in [4.78, 5) is 29.8. The molecule has 7 nitrogen and oxygen atoms in total. The van der Waals surface area contributed by atoms with Crippen molar-refractivity contribution in [3.05, 3.63) is 53.6 Å². The van der Waals surface area contributed by atoms with Crippen molar-refractivity contribution in [2.75, 3.05) is 41.4 Å². The molecule has 2 atom stereocenters. The number of benzene rings is 2. The quantitative estimate of drug-likeness (QED) is 0.625. The first-order valence-corrected chi connectivity index (χ1v) is 13.4. The van der Waals surface area contributed by atoms with Crippen molar-refractivity contribution in [1.29, 1.82) is 0 Å². The molecular weight excluding hydrogens is 452 g/mol. The highest BCUT2D eigenvalue weighted by Crippen LogP contribution is 2.40. The molecule has 2 N–H and O–H groups in total. The highest BCUT2D eigenvalue weighted by molar-refractivity contribution is 5.98. The average molecular weight is 491 g/mol.